The minimum atomic E-state index is -1.82. The summed E-state index contributed by atoms with van der Waals surface area (Å²) in [7, 11) is 0. The second-order valence-corrected chi connectivity index (χ2v) is 9.04. The van der Waals surface area contributed by atoms with E-state index in [1.54, 1.807) is 12.4 Å². The zero-order valence-electron chi connectivity index (χ0n) is 21.2. The first-order chi connectivity index (χ1) is 18.3. The Morgan fingerprint density at radius 2 is 1.63 bits per heavy atom. The van der Waals surface area contributed by atoms with Gasteiger partial charge in [0.2, 0.25) is 5.91 Å². The van der Waals surface area contributed by atoms with Gasteiger partial charge < -0.3 is 29.5 Å². The second kappa shape index (κ2) is 14.7. The maximum absolute atomic E-state index is 13.0. The van der Waals surface area contributed by atoms with E-state index in [4.69, 9.17) is 29.3 Å². The fourth-order valence-electron chi connectivity index (χ4n) is 4.23. The third-order valence-electron chi connectivity index (χ3n) is 6.40. The van der Waals surface area contributed by atoms with Gasteiger partial charge in [0, 0.05) is 57.3 Å². The van der Waals surface area contributed by atoms with E-state index >= 15 is 0 Å². The number of carbonyl (C=O) groups is 4. The molecule has 3 heterocycles. The number of carboxylic acid groups (broad SMARTS) is 2. The number of carbonyl (C=O) groups excluding carboxylic acids is 2. The Morgan fingerprint density at radius 1 is 0.947 bits per heavy atom. The molecule has 0 unspecified atom stereocenters. The molecule has 0 bridgehead atoms. The highest BCUT2D eigenvalue weighted by atomic mass is 16.5. The Kier molecular flexibility index (Phi) is 11.0. The lowest BCUT2D eigenvalue weighted by Gasteiger charge is -2.35. The van der Waals surface area contributed by atoms with Crippen molar-refractivity contribution in [3.8, 4) is 5.75 Å². The van der Waals surface area contributed by atoms with Crippen LogP contribution in [0.15, 0.2) is 48.8 Å². The van der Waals surface area contributed by atoms with E-state index in [2.05, 4.69) is 4.98 Å². The number of hydrogen-bond acceptors (Lipinski definition) is 7. The zero-order valence-corrected chi connectivity index (χ0v) is 21.2. The van der Waals surface area contributed by atoms with Gasteiger partial charge in [-0.1, -0.05) is 12.1 Å². The molecule has 0 atom stereocenters. The molecule has 2 fully saturated rings. The maximum Gasteiger partial charge on any atom is 0.414 e. The minimum Gasteiger partial charge on any atom is -0.494 e. The first-order valence-electron chi connectivity index (χ1n) is 12.6. The van der Waals surface area contributed by atoms with Crippen molar-refractivity contribution in [3.63, 3.8) is 0 Å². The number of rotatable bonds is 7. The van der Waals surface area contributed by atoms with Gasteiger partial charge in [-0.2, -0.15) is 0 Å². The number of amides is 2. The maximum atomic E-state index is 13.0. The number of aliphatic carboxylic acids is 2. The molecular formula is C27H33N3O8. The highest BCUT2D eigenvalue weighted by Gasteiger charge is 2.25. The number of aromatic nitrogens is 1. The molecule has 2 amide bonds. The van der Waals surface area contributed by atoms with Gasteiger partial charge in [0.1, 0.15) is 5.75 Å². The number of pyridine rings is 1. The van der Waals surface area contributed by atoms with E-state index in [9.17, 15) is 9.59 Å². The predicted octanol–water partition coefficient (Wildman–Crippen LogP) is 1.96. The van der Waals surface area contributed by atoms with Crippen molar-refractivity contribution >= 4 is 23.8 Å². The van der Waals surface area contributed by atoms with Crippen molar-refractivity contribution in [2.24, 2.45) is 5.92 Å². The number of benzene rings is 1. The van der Waals surface area contributed by atoms with Crippen LogP contribution in [0.25, 0.3) is 0 Å². The minimum absolute atomic E-state index is 0.0146. The predicted molar refractivity (Wildman–Crippen MR) is 136 cm³/mol. The molecule has 2 aliphatic heterocycles. The summed E-state index contributed by atoms with van der Waals surface area (Å²) < 4.78 is 11.3. The summed E-state index contributed by atoms with van der Waals surface area (Å²) in [5.41, 5.74) is 1.54. The van der Waals surface area contributed by atoms with Crippen LogP contribution in [0.1, 0.15) is 35.2 Å². The van der Waals surface area contributed by atoms with Crippen LogP contribution >= 0.6 is 0 Å². The molecule has 0 spiro atoms. The van der Waals surface area contributed by atoms with Crippen LogP contribution in [0.3, 0.4) is 0 Å². The normalized spacial score (nSPS) is 15.7. The van der Waals surface area contributed by atoms with Crippen LogP contribution < -0.4 is 4.74 Å². The average molecular weight is 528 g/mol. The third-order valence-corrected chi connectivity index (χ3v) is 6.40. The SMILES string of the molecule is O=C(Cc1cccnc1)N1CCN(C(=O)c2cccc(OCCC3CCOCC3)c2)CC1.O=C(O)C(=O)O. The first-order valence-corrected chi connectivity index (χ1v) is 12.6. The van der Waals surface area contributed by atoms with E-state index < -0.39 is 11.9 Å². The molecule has 11 nitrogen and oxygen atoms in total. The molecule has 11 heteroatoms. The van der Waals surface area contributed by atoms with Crippen molar-refractivity contribution in [1.82, 2.24) is 14.8 Å². The Bertz CT molecular complexity index is 1070. The Hall–Kier alpha value is -3.99. The van der Waals surface area contributed by atoms with E-state index in [0.717, 1.165) is 43.8 Å². The zero-order chi connectivity index (χ0) is 27.3. The molecule has 2 aromatic rings. The summed E-state index contributed by atoms with van der Waals surface area (Å²) >= 11 is 0. The highest BCUT2D eigenvalue weighted by Crippen LogP contribution is 2.21. The molecule has 2 N–H and O–H groups in total. The van der Waals surface area contributed by atoms with Crippen LogP contribution in [-0.4, -0.2) is 94.7 Å². The van der Waals surface area contributed by atoms with Crippen LogP contribution in [0.5, 0.6) is 5.75 Å². The number of hydrogen-bond donors (Lipinski definition) is 2. The third kappa shape index (κ3) is 9.15. The average Bonchev–Trinajstić information content (AvgIpc) is 2.94. The Labute approximate surface area is 221 Å². The number of carboxylic acids is 2. The number of piperazine rings is 1. The molecule has 38 heavy (non-hydrogen) atoms. The van der Waals surface area contributed by atoms with Crippen LogP contribution in [-0.2, 0) is 25.5 Å². The van der Waals surface area contributed by atoms with Gasteiger partial charge in [-0.05, 0) is 55.0 Å². The summed E-state index contributed by atoms with van der Waals surface area (Å²) in [6, 6.07) is 11.2. The monoisotopic (exact) mass is 527 g/mol. The standard InChI is InChI=1S/C25H31N3O4.C2H2O4/c29-24(17-21-3-2-9-26-19-21)27-10-12-28(13-11-27)25(30)22-4-1-5-23(18-22)32-16-8-20-6-14-31-15-7-20;3-1(4)2(5)6/h1-5,9,18-20H,6-8,10-17H2;(H,3,4)(H,5,6). The van der Waals surface area contributed by atoms with Crippen LogP contribution in [0.4, 0.5) is 0 Å². The Morgan fingerprint density at radius 3 is 2.26 bits per heavy atom. The van der Waals surface area contributed by atoms with Gasteiger partial charge >= 0.3 is 11.9 Å². The summed E-state index contributed by atoms with van der Waals surface area (Å²) in [5, 5.41) is 14.8. The molecule has 0 saturated carbocycles. The van der Waals surface area contributed by atoms with Crippen molar-refractivity contribution in [2.75, 3.05) is 46.0 Å². The van der Waals surface area contributed by atoms with Gasteiger partial charge in [0.15, 0.2) is 0 Å². The van der Waals surface area contributed by atoms with Gasteiger partial charge in [0.25, 0.3) is 5.91 Å². The molecule has 0 aliphatic carbocycles. The largest absolute Gasteiger partial charge is 0.494 e. The lowest BCUT2D eigenvalue weighted by atomic mass is 9.97. The van der Waals surface area contributed by atoms with Gasteiger partial charge in [-0.15, -0.1) is 0 Å². The fourth-order valence-corrected chi connectivity index (χ4v) is 4.23. The first kappa shape index (κ1) is 28.6. The van der Waals surface area contributed by atoms with Crippen molar-refractivity contribution in [2.45, 2.75) is 25.7 Å². The smallest absolute Gasteiger partial charge is 0.414 e. The van der Waals surface area contributed by atoms with Crippen molar-refractivity contribution in [1.29, 1.82) is 0 Å². The van der Waals surface area contributed by atoms with Crippen LogP contribution in [0.2, 0.25) is 0 Å². The van der Waals surface area contributed by atoms with Gasteiger partial charge in [-0.25, -0.2) is 9.59 Å². The summed E-state index contributed by atoms with van der Waals surface area (Å²) in [4.78, 5) is 51.4. The highest BCUT2D eigenvalue weighted by molar-refractivity contribution is 6.27. The molecule has 1 aromatic carbocycles. The molecule has 2 saturated heterocycles. The topological polar surface area (TPSA) is 147 Å². The molecular weight excluding hydrogens is 494 g/mol. The summed E-state index contributed by atoms with van der Waals surface area (Å²) in [6.45, 7) is 4.51. The van der Waals surface area contributed by atoms with E-state index in [1.165, 1.54) is 0 Å². The summed E-state index contributed by atoms with van der Waals surface area (Å²) in [6.07, 6.45) is 6.96. The fraction of sp³-hybridized carbons (Fsp3) is 0.444. The molecule has 4 rings (SSSR count). The van der Waals surface area contributed by atoms with Gasteiger partial charge in [0.05, 0.1) is 13.0 Å². The van der Waals surface area contributed by atoms with E-state index in [-0.39, 0.29) is 11.8 Å². The number of ether oxygens (including phenoxy) is 2. The van der Waals surface area contributed by atoms with Crippen LogP contribution in [0, 0.1) is 5.92 Å². The van der Waals surface area contributed by atoms with Crippen molar-refractivity contribution in [3.05, 3.63) is 59.9 Å². The Balaban J connectivity index is 0.000000599. The molecule has 1 aromatic heterocycles. The van der Waals surface area contributed by atoms with E-state index in [0.29, 0.717) is 50.7 Å². The molecule has 204 valence electrons. The lowest BCUT2D eigenvalue weighted by molar-refractivity contribution is -0.159. The van der Waals surface area contributed by atoms with Crippen molar-refractivity contribution < 1.29 is 38.9 Å². The second-order valence-electron chi connectivity index (χ2n) is 9.04. The van der Waals surface area contributed by atoms with E-state index in [1.807, 2.05) is 46.2 Å². The lowest BCUT2D eigenvalue weighted by Crippen LogP contribution is -2.51. The van der Waals surface area contributed by atoms with Gasteiger partial charge in [-0.3, -0.25) is 14.6 Å². The quantitative estimate of drug-likeness (QED) is 0.516. The molecule has 0 radical (unpaired) electrons. The number of nitrogens with zero attached hydrogens (tertiary/aromatic N) is 3. The summed E-state index contributed by atoms with van der Waals surface area (Å²) in [5.74, 6) is -2.20. The molecule has 2 aliphatic rings.